The molecule has 0 saturated carbocycles. The topological polar surface area (TPSA) is 166 Å². The summed E-state index contributed by atoms with van der Waals surface area (Å²) in [5, 5.41) is 24.2. The third-order valence-corrected chi connectivity index (χ3v) is 8.08. The van der Waals surface area contributed by atoms with Crippen LogP contribution in [0.4, 0.5) is 18.9 Å². The number of aromatic amines is 1. The normalized spacial score (nSPS) is 16.0. The zero-order valence-corrected chi connectivity index (χ0v) is 25.2. The molecule has 12 nitrogen and oxygen atoms in total. The van der Waals surface area contributed by atoms with E-state index >= 15 is 0 Å². The predicted octanol–water partition coefficient (Wildman–Crippen LogP) is 3.87. The molecule has 0 spiro atoms. The van der Waals surface area contributed by atoms with Crippen LogP contribution < -0.4 is 20.7 Å². The van der Waals surface area contributed by atoms with Gasteiger partial charge in [-0.3, -0.25) is 29.6 Å². The van der Waals surface area contributed by atoms with E-state index in [1.165, 1.54) is 23.1 Å². The maximum Gasteiger partial charge on any atom is 0.432 e. The molecule has 0 bridgehead atoms. The van der Waals surface area contributed by atoms with Gasteiger partial charge < -0.3 is 25.4 Å². The van der Waals surface area contributed by atoms with Crippen LogP contribution in [0.15, 0.2) is 66.7 Å². The average Bonchev–Trinajstić information content (AvgIpc) is 3.68. The molecule has 0 radical (unpaired) electrons. The van der Waals surface area contributed by atoms with Crippen molar-refractivity contribution in [3.05, 3.63) is 94.7 Å². The zero-order chi connectivity index (χ0) is 34.0. The Labute approximate surface area is 271 Å². The van der Waals surface area contributed by atoms with Gasteiger partial charge in [-0.25, -0.2) is 0 Å². The Morgan fingerprint density at radius 3 is 2.44 bits per heavy atom. The van der Waals surface area contributed by atoms with Gasteiger partial charge in [0.2, 0.25) is 11.8 Å². The van der Waals surface area contributed by atoms with E-state index in [2.05, 4.69) is 21.0 Å². The van der Waals surface area contributed by atoms with E-state index in [1.807, 2.05) is 35.4 Å². The Balaban J connectivity index is 0.972. The molecule has 4 amide bonds. The van der Waals surface area contributed by atoms with E-state index < -0.39 is 29.7 Å². The van der Waals surface area contributed by atoms with Crippen molar-refractivity contribution < 1.29 is 42.2 Å². The van der Waals surface area contributed by atoms with Crippen molar-refractivity contribution in [1.82, 2.24) is 25.7 Å². The Hall–Kier alpha value is -5.86. The van der Waals surface area contributed by atoms with Crippen LogP contribution in [0.3, 0.4) is 0 Å². The predicted molar refractivity (Wildman–Crippen MR) is 164 cm³/mol. The van der Waals surface area contributed by atoms with Gasteiger partial charge >= 0.3 is 6.18 Å². The van der Waals surface area contributed by atoms with Crippen molar-refractivity contribution in [3.63, 3.8) is 0 Å². The number of anilines is 1. The zero-order valence-electron chi connectivity index (χ0n) is 25.2. The highest BCUT2D eigenvalue weighted by molar-refractivity contribution is 6.06. The number of phenolic OH excluding ortho intramolecular Hbond substituents is 1. The van der Waals surface area contributed by atoms with Crippen LogP contribution in [-0.2, 0) is 40.2 Å². The number of alkyl halides is 3. The summed E-state index contributed by atoms with van der Waals surface area (Å²) in [4.78, 5) is 50.8. The summed E-state index contributed by atoms with van der Waals surface area (Å²) in [6, 6.07) is 16.9. The fourth-order valence-corrected chi connectivity index (χ4v) is 5.55. The lowest BCUT2D eigenvalue weighted by molar-refractivity contribution is -0.141. The molecule has 3 aromatic carbocycles. The molecule has 248 valence electrons. The van der Waals surface area contributed by atoms with Gasteiger partial charge in [-0.15, -0.1) is 0 Å². The molecule has 3 heterocycles. The summed E-state index contributed by atoms with van der Waals surface area (Å²) in [6.07, 6.45) is -4.13. The van der Waals surface area contributed by atoms with Crippen molar-refractivity contribution in [3.8, 4) is 22.8 Å². The second-order valence-corrected chi connectivity index (χ2v) is 11.3. The molecule has 5 N–H and O–H groups in total. The molecule has 4 aromatic rings. The Kier molecular flexibility index (Phi) is 8.76. The van der Waals surface area contributed by atoms with Crippen molar-refractivity contribution in [1.29, 1.82) is 0 Å². The Morgan fingerprint density at radius 2 is 1.75 bits per heavy atom. The number of nitrogens with one attached hydrogen (secondary N) is 4. The van der Waals surface area contributed by atoms with Crippen LogP contribution in [0.5, 0.6) is 11.5 Å². The fourth-order valence-electron chi connectivity index (χ4n) is 5.55. The highest BCUT2D eigenvalue weighted by Gasteiger charge is 2.40. The van der Waals surface area contributed by atoms with Gasteiger partial charge in [-0.1, -0.05) is 30.3 Å². The number of carbonyl (C=O) groups is 4. The number of hydrogen-bond donors (Lipinski definition) is 5. The molecule has 2 aliphatic rings. The number of nitrogens with zero attached hydrogens (tertiary/aromatic N) is 2. The van der Waals surface area contributed by atoms with Crippen LogP contribution in [0, 0.1) is 0 Å². The molecular weight excluding hydrogens is 633 g/mol. The number of rotatable bonds is 10. The minimum absolute atomic E-state index is 0.0661. The van der Waals surface area contributed by atoms with E-state index in [0.29, 0.717) is 18.5 Å². The number of H-pyrrole nitrogens is 1. The number of hydrogen-bond acceptors (Lipinski definition) is 8. The van der Waals surface area contributed by atoms with Crippen LogP contribution in [0.25, 0.3) is 11.3 Å². The van der Waals surface area contributed by atoms with Crippen molar-refractivity contribution in [2.75, 3.05) is 11.9 Å². The van der Waals surface area contributed by atoms with Gasteiger partial charge in [-0.05, 0) is 47.9 Å². The first kappa shape index (κ1) is 32.1. The number of amides is 4. The van der Waals surface area contributed by atoms with Crippen LogP contribution in [-0.4, -0.2) is 56.5 Å². The van der Waals surface area contributed by atoms with E-state index in [0.717, 1.165) is 28.4 Å². The largest absolute Gasteiger partial charge is 0.507 e. The molecule has 1 saturated heterocycles. The molecule has 1 atom stereocenters. The molecule has 0 aliphatic carbocycles. The molecule has 2 aliphatic heterocycles. The molecule has 1 aromatic heterocycles. The number of piperidine rings is 1. The lowest BCUT2D eigenvalue weighted by Crippen LogP contribution is -2.52. The van der Waals surface area contributed by atoms with Gasteiger partial charge in [-0.2, -0.15) is 18.3 Å². The number of fused-ring (bicyclic) bond motifs is 1. The Bertz CT molecular complexity index is 1890. The van der Waals surface area contributed by atoms with Crippen molar-refractivity contribution in [2.45, 2.75) is 44.7 Å². The van der Waals surface area contributed by atoms with Gasteiger partial charge in [0.15, 0.2) is 6.61 Å². The summed E-state index contributed by atoms with van der Waals surface area (Å²) in [6.45, 7) is 0.589. The summed E-state index contributed by atoms with van der Waals surface area (Å²) in [7, 11) is 0. The van der Waals surface area contributed by atoms with Crippen LogP contribution >= 0.6 is 0 Å². The fraction of sp³-hybridized carbons (Fsp3) is 0.242. The molecule has 6 rings (SSSR count). The Morgan fingerprint density at radius 1 is 1.00 bits per heavy atom. The van der Waals surface area contributed by atoms with E-state index in [4.69, 9.17) is 4.74 Å². The number of ether oxygens (including phenoxy) is 1. The maximum atomic E-state index is 13.1. The molecule has 15 heteroatoms. The van der Waals surface area contributed by atoms with Gasteiger partial charge in [0.05, 0.1) is 5.69 Å². The molecule has 48 heavy (non-hydrogen) atoms. The molecular formula is C33H29F3N6O6. The maximum absolute atomic E-state index is 13.1. The monoisotopic (exact) mass is 662 g/mol. The third kappa shape index (κ3) is 6.94. The number of benzene rings is 3. The summed E-state index contributed by atoms with van der Waals surface area (Å²) in [5.41, 5.74) is 2.79. The summed E-state index contributed by atoms with van der Waals surface area (Å²) in [5.74, 6) is -1.68. The molecule has 1 unspecified atom stereocenters. The number of phenols is 1. The van der Waals surface area contributed by atoms with Gasteiger partial charge in [0, 0.05) is 54.5 Å². The lowest BCUT2D eigenvalue weighted by Gasteiger charge is -2.29. The van der Waals surface area contributed by atoms with Crippen molar-refractivity contribution >= 4 is 29.3 Å². The standard InChI is InChI=1S/C33H29F3N6O6/c34-33(35,36)28-13-25(40-41-28)22-9-8-20(12-27(22)43)48-17-30(45)38-15-19-6-4-18(5-7-19)14-37-24-3-1-2-21-23(24)16-42(32(21)47)26-10-11-29(44)39-31(26)46/h1-9,12-13,26,37,43H,10-11,14-17H2,(H,38,45)(H,40,41)(H,39,44,46). The SMILES string of the molecule is O=C(COc1ccc(-c2cc(C(F)(F)F)[nH]n2)c(O)c1)NCc1ccc(CNc2cccc3c2CN(C2CCC(=O)NC2=O)C3=O)cc1. The first-order valence-electron chi connectivity index (χ1n) is 14.9. The minimum Gasteiger partial charge on any atom is -0.507 e. The van der Waals surface area contributed by atoms with E-state index in [1.54, 1.807) is 12.1 Å². The average molecular weight is 663 g/mol. The number of imide groups is 1. The quantitative estimate of drug-likeness (QED) is 0.160. The van der Waals surface area contributed by atoms with E-state index in [-0.39, 0.29) is 60.7 Å². The summed E-state index contributed by atoms with van der Waals surface area (Å²) >= 11 is 0. The number of halogens is 3. The summed E-state index contributed by atoms with van der Waals surface area (Å²) < 4.78 is 43.9. The minimum atomic E-state index is -4.60. The second kappa shape index (κ2) is 13.1. The van der Waals surface area contributed by atoms with E-state index in [9.17, 15) is 37.5 Å². The van der Waals surface area contributed by atoms with Crippen molar-refractivity contribution in [2.24, 2.45) is 0 Å². The number of aromatic hydroxyl groups is 1. The second-order valence-electron chi connectivity index (χ2n) is 11.3. The highest BCUT2D eigenvalue weighted by Crippen LogP contribution is 2.35. The van der Waals surface area contributed by atoms with Gasteiger partial charge in [0.1, 0.15) is 23.2 Å². The first-order chi connectivity index (χ1) is 23.0. The van der Waals surface area contributed by atoms with Crippen LogP contribution in [0.1, 0.15) is 45.6 Å². The third-order valence-electron chi connectivity index (χ3n) is 8.08. The first-order valence-corrected chi connectivity index (χ1v) is 14.9. The smallest absolute Gasteiger partial charge is 0.432 e. The van der Waals surface area contributed by atoms with Gasteiger partial charge in [0.25, 0.3) is 11.8 Å². The van der Waals surface area contributed by atoms with Crippen LogP contribution in [0.2, 0.25) is 0 Å². The molecule has 1 fully saturated rings. The lowest BCUT2D eigenvalue weighted by atomic mass is 10.0. The highest BCUT2D eigenvalue weighted by atomic mass is 19.4. The number of carbonyl (C=O) groups excluding carboxylic acids is 4. The number of aromatic nitrogens is 2.